The minimum Gasteiger partial charge on any atom is -0.354 e. The van der Waals surface area contributed by atoms with E-state index in [0.717, 1.165) is 17.9 Å². The van der Waals surface area contributed by atoms with E-state index >= 15 is 0 Å². The molecule has 1 heterocycles. The van der Waals surface area contributed by atoms with Crippen molar-refractivity contribution in [3.63, 3.8) is 0 Å². The van der Waals surface area contributed by atoms with Crippen LogP contribution in [0.2, 0.25) is 5.15 Å². The summed E-state index contributed by atoms with van der Waals surface area (Å²) in [6.45, 7) is 7.50. The Morgan fingerprint density at radius 2 is 1.95 bits per heavy atom. The highest BCUT2D eigenvalue weighted by atomic mass is 35.5. The molecule has 1 aliphatic rings. The molecule has 0 aromatic carbocycles. The largest absolute Gasteiger partial charge is 0.354 e. The van der Waals surface area contributed by atoms with Gasteiger partial charge in [-0.15, -0.1) is 0 Å². The Balaban J connectivity index is 2.34. The van der Waals surface area contributed by atoms with Crippen molar-refractivity contribution in [2.75, 3.05) is 11.4 Å². The highest BCUT2D eigenvalue weighted by molar-refractivity contribution is 6.30. The van der Waals surface area contributed by atoms with E-state index in [0.29, 0.717) is 17.1 Å². The van der Waals surface area contributed by atoms with Gasteiger partial charge in [0.15, 0.2) is 0 Å². The average molecular weight is 282 g/mol. The number of anilines is 1. The summed E-state index contributed by atoms with van der Waals surface area (Å²) in [6.07, 6.45) is 8.17. The lowest BCUT2D eigenvalue weighted by Gasteiger charge is -2.36. The molecule has 0 atom stereocenters. The minimum atomic E-state index is 0.348. The molecular formula is C15H24ClN3. The Bertz CT molecular complexity index is 414. The molecule has 0 unspecified atom stereocenters. The number of nitrogens with zero attached hydrogens (tertiary/aromatic N) is 3. The molecular weight excluding hydrogens is 258 g/mol. The first kappa shape index (κ1) is 14.6. The molecule has 4 heteroatoms. The van der Waals surface area contributed by atoms with Crippen LogP contribution in [0.15, 0.2) is 6.33 Å². The third-order valence-electron chi connectivity index (χ3n) is 4.02. The lowest BCUT2D eigenvalue weighted by atomic mass is 9.93. The summed E-state index contributed by atoms with van der Waals surface area (Å²) < 4.78 is 0. The minimum absolute atomic E-state index is 0.348. The molecule has 1 saturated carbocycles. The molecule has 19 heavy (non-hydrogen) atoms. The van der Waals surface area contributed by atoms with Gasteiger partial charge in [-0.2, -0.15) is 0 Å². The fourth-order valence-corrected chi connectivity index (χ4v) is 3.41. The van der Waals surface area contributed by atoms with Crippen molar-refractivity contribution in [1.29, 1.82) is 0 Å². The van der Waals surface area contributed by atoms with E-state index in [1.165, 1.54) is 32.1 Å². The molecule has 1 aromatic heterocycles. The second-order valence-electron chi connectivity index (χ2n) is 5.63. The van der Waals surface area contributed by atoms with Crippen molar-refractivity contribution >= 4 is 17.4 Å². The maximum Gasteiger partial charge on any atom is 0.138 e. The van der Waals surface area contributed by atoms with Crippen LogP contribution in [-0.2, 0) is 0 Å². The predicted molar refractivity (Wildman–Crippen MR) is 81.0 cm³/mol. The molecule has 0 aliphatic heterocycles. The quantitative estimate of drug-likeness (QED) is 0.766. The number of hydrogen-bond donors (Lipinski definition) is 0. The van der Waals surface area contributed by atoms with Gasteiger partial charge in [0, 0.05) is 18.2 Å². The Morgan fingerprint density at radius 3 is 2.53 bits per heavy atom. The van der Waals surface area contributed by atoms with Crippen molar-refractivity contribution in [1.82, 2.24) is 9.97 Å². The first-order valence-corrected chi connectivity index (χ1v) is 7.80. The van der Waals surface area contributed by atoms with E-state index in [-0.39, 0.29) is 0 Å². The maximum atomic E-state index is 6.29. The van der Waals surface area contributed by atoms with E-state index in [1.807, 2.05) is 0 Å². The summed E-state index contributed by atoms with van der Waals surface area (Å²) in [5.41, 5.74) is 1.09. The maximum absolute atomic E-state index is 6.29. The van der Waals surface area contributed by atoms with Crippen molar-refractivity contribution in [2.24, 2.45) is 0 Å². The normalized spacial score (nSPS) is 16.9. The second-order valence-corrected chi connectivity index (χ2v) is 5.99. The van der Waals surface area contributed by atoms with Crippen molar-refractivity contribution in [3.05, 3.63) is 17.0 Å². The van der Waals surface area contributed by atoms with E-state index in [9.17, 15) is 0 Å². The number of rotatable bonds is 4. The summed E-state index contributed by atoms with van der Waals surface area (Å²) in [5, 5.41) is 0.606. The van der Waals surface area contributed by atoms with Gasteiger partial charge in [-0.25, -0.2) is 9.97 Å². The van der Waals surface area contributed by atoms with Gasteiger partial charge < -0.3 is 4.90 Å². The first-order chi connectivity index (χ1) is 9.15. The van der Waals surface area contributed by atoms with E-state index in [1.54, 1.807) is 6.33 Å². The molecule has 1 aliphatic carbocycles. The van der Waals surface area contributed by atoms with Gasteiger partial charge in [-0.05, 0) is 25.7 Å². The zero-order valence-corrected chi connectivity index (χ0v) is 13.0. The Hall–Kier alpha value is -0.830. The van der Waals surface area contributed by atoms with E-state index < -0.39 is 0 Å². The fourth-order valence-electron chi connectivity index (χ4n) is 3.06. The van der Waals surface area contributed by atoms with Gasteiger partial charge in [-0.1, -0.05) is 44.7 Å². The highest BCUT2D eigenvalue weighted by Crippen LogP contribution is 2.34. The van der Waals surface area contributed by atoms with Crippen LogP contribution < -0.4 is 4.90 Å². The third-order valence-corrected chi connectivity index (χ3v) is 4.32. The van der Waals surface area contributed by atoms with Gasteiger partial charge in [-0.3, -0.25) is 0 Å². The molecule has 0 saturated heterocycles. The highest BCUT2D eigenvalue weighted by Gasteiger charge is 2.25. The zero-order chi connectivity index (χ0) is 13.8. The van der Waals surface area contributed by atoms with Crippen molar-refractivity contribution < 1.29 is 0 Å². The Labute approximate surface area is 121 Å². The molecule has 0 N–H and O–H groups in total. The summed E-state index contributed by atoms with van der Waals surface area (Å²) >= 11 is 6.29. The molecule has 1 fully saturated rings. The van der Waals surface area contributed by atoms with E-state index in [4.69, 9.17) is 11.6 Å². The predicted octanol–water partition coefficient (Wildman–Crippen LogP) is 4.41. The zero-order valence-electron chi connectivity index (χ0n) is 12.2. The summed E-state index contributed by atoms with van der Waals surface area (Å²) in [5.74, 6) is 1.39. The smallest absolute Gasteiger partial charge is 0.138 e. The Morgan fingerprint density at radius 1 is 1.26 bits per heavy atom. The molecule has 0 bridgehead atoms. The van der Waals surface area contributed by atoms with Crippen LogP contribution in [0.4, 0.5) is 5.82 Å². The van der Waals surface area contributed by atoms with Gasteiger partial charge >= 0.3 is 0 Å². The summed E-state index contributed by atoms with van der Waals surface area (Å²) in [4.78, 5) is 11.1. The van der Waals surface area contributed by atoms with Gasteiger partial charge in [0.05, 0.1) is 0 Å². The summed E-state index contributed by atoms with van der Waals surface area (Å²) in [7, 11) is 0. The van der Waals surface area contributed by atoms with Gasteiger partial charge in [0.25, 0.3) is 0 Å². The number of hydrogen-bond acceptors (Lipinski definition) is 3. The molecule has 0 radical (unpaired) electrons. The Kier molecular flexibility index (Phi) is 5.03. The first-order valence-electron chi connectivity index (χ1n) is 7.42. The van der Waals surface area contributed by atoms with Crippen molar-refractivity contribution in [3.8, 4) is 0 Å². The van der Waals surface area contributed by atoms with Crippen molar-refractivity contribution in [2.45, 2.75) is 64.8 Å². The van der Waals surface area contributed by atoms with Crippen LogP contribution in [0, 0.1) is 0 Å². The average Bonchev–Trinajstić information content (AvgIpc) is 2.40. The molecule has 0 spiro atoms. The lowest BCUT2D eigenvalue weighted by Crippen LogP contribution is -2.38. The topological polar surface area (TPSA) is 29.0 Å². The number of aromatic nitrogens is 2. The van der Waals surface area contributed by atoms with Crippen LogP contribution >= 0.6 is 11.6 Å². The molecule has 0 amide bonds. The van der Waals surface area contributed by atoms with Gasteiger partial charge in [0.2, 0.25) is 0 Å². The molecule has 2 rings (SSSR count). The molecule has 106 valence electrons. The van der Waals surface area contributed by atoms with Crippen LogP contribution in [0.25, 0.3) is 0 Å². The fraction of sp³-hybridized carbons (Fsp3) is 0.733. The standard InChI is InChI=1S/C15H24ClN3/c1-4-19(12-8-6-5-7-9-12)15-13(11(2)3)14(16)17-10-18-15/h10-12H,4-9H2,1-3H3. The molecule has 3 nitrogen and oxygen atoms in total. The number of halogens is 1. The summed E-state index contributed by atoms with van der Waals surface area (Å²) in [6, 6.07) is 0.613. The SMILES string of the molecule is CCN(c1ncnc(Cl)c1C(C)C)C1CCCCC1. The monoisotopic (exact) mass is 281 g/mol. The van der Waals surface area contributed by atoms with E-state index in [2.05, 4.69) is 35.6 Å². The lowest BCUT2D eigenvalue weighted by molar-refractivity contribution is 0.415. The second kappa shape index (κ2) is 6.56. The van der Waals surface area contributed by atoms with Crippen LogP contribution in [-0.4, -0.2) is 22.6 Å². The third kappa shape index (κ3) is 3.19. The molecule has 1 aromatic rings. The van der Waals surface area contributed by atoms with Crippen LogP contribution in [0.3, 0.4) is 0 Å². The van der Waals surface area contributed by atoms with Crippen LogP contribution in [0.1, 0.15) is 64.4 Å². The van der Waals surface area contributed by atoms with Crippen LogP contribution in [0.5, 0.6) is 0 Å². The van der Waals surface area contributed by atoms with Gasteiger partial charge in [0.1, 0.15) is 17.3 Å².